The SMILES string of the molecule is CC(CC(=O)O)n1nnnc1Cc1ccc(F)c(F)c1. The Kier molecular flexibility index (Phi) is 4.02. The predicted molar refractivity (Wildman–Crippen MR) is 63.9 cm³/mol. The highest BCUT2D eigenvalue weighted by Crippen LogP contribution is 2.15. The molecule has 1 N–H and O–H groups in total. The van der Waals surface area contributed by atoms with Crippen LogP contribution in [0.4, 0.5) is 8.78 Å². The molecule has 1 heterocycles. The average Bonchev–Trinajstić information content (AvgIpc) is 2.81. The van der Waals surface area contributed by atoms with Crippen molar-refractivity contribution in [2.24, 2.45) is 0 Å². The quantitative estimate of drug-likeness (QED) is 0.900. The molecule has 1 unspecified atom stereocenters. The van der Waals surface area contributed by atoms with Crippen LogP contribution in [0.3, 0.4) is 0 Å². The first-order valence-electron chi connectivity index (χ1n) is 5.90. The molecule has 0 saturated carbocycles. The van der Waals surface area contributed by atoms with Gasteiger partial charge in [-0.1, -0.05) is 6.07 Å². The van der Waals surface area contributed by atoms with Crippen LogP contribution in [0.15, 0.2) is 18.2 Å². The lowest BCUT2D eigenvalue weighted by molar-refractivity contribution is -0.137. The molecule has 6 nitrogen and oxygen atoms in total. The number of hydrogen-bond donors (Lipinski definition) is 1. The molecule has 0 radical (unpaired) electrons. The highest BCUT2D eigenvalue weighted by atomic mass is 19.2. The molecule has 1 aromatic carbocycles. The van der Waals surface area contributed by atoms with Gasteiger partial charge in [0, 0.05) is 6.42 Å². The summed E-state index contributed by atoms with van der Waals surface area (Å²) in [7, 11) is 0. The molecule has 0 spiro atoms. The van der Waals surface area contributed by atoms with Gasteiger partial charge >= 0.3 is 5.97 Å². The Balaban J connectivity index is 2.19. The van der Waals surface area contributed by atoms with Gasteiger partial charge < -0.3 is 5.11 Å². The molecule has 0 aliphatic heterocycles. The number of carboxylic acid groups (broad SMARTS) is 1. The zero-order valence-electron chi connectivity index (χ0n) is 10.6. The second-order valence-electron chi connectivity index (χ2n) is 4.41. The van der Waals surface area contributed by atoms with Gasteiger partial charge in [0.1, 0.15) is 0 Å². The van der Waals surface area contributed by atoms with Crippen molar-refractivity contribution < 1.29 is 18.7 Å². The highest BCUT2D eigenvalue weighted by Gasteiger charge is 2.16. The first kappa shape index (κ1) is 14.0. The second-order valence-corrected chi connectivity index (χ2v) is 4.41. The van der Waals surface area contributed by atoms with Crippen molar-refractivity contribution >= 4 is 5.97 Å². The van der Waals surface area contributed by atoms with Gasteiger partial charge in [0.05, 0.1) is 12.5 Å². The molecule has 0 fully saturated rings. The fourth-order valence-corrected chi connectivity index (χ4v) is 1.84. The number of benzene rings is 1. The molecule has 20 heavy (non-hydrogen) atoms. The molecule has 0 aliphatic carbocycles. The Morgan fingerprint density at radius 3 is 2.80 bits per heavy atom. The molecule has 1 aromatic heterocycles. The summed E-state index contributed by atoms with van der Waals surface area (Å²) in [5.74, 6) is -2.44. The summed E-state index contributed by atoms with van der Waals surface area (Å²) in [4.78, 5) is 10.7. The summed E-state index contributed by atoms with van der Waals surface area (Å²) in [6, 6.07) is 3.09. The van der Waals surface area contributed by atoms with E-state index >= 15 is 0 Å². The van der Waals surface area contributed by atoms with Crippen molar-refractivity contribution in [1.29, 1.82) is 0 Å². The molecule has 2 rings (SSSR count). The van der Waals surface area contributed by atoms with Crippen LogP contribution in [0.1, 0.15) is 30.8 Å². The van der Waals surface area contributed by atoms with Crippen molar-refractivity contribution in [3.05, 3.63) is 41.2 Å². The van der Waals surface area contributed by atoms with Crippen LogP contribution in [0.5, 0.6) is 0 Å². The molecule has 106 valence electrons. The molecule has 8 heteroatoms. The van der Waals surface area contributed by atoms with E-state index in [-0.39, 0.29) is 12.8 Å². The van der Waals surface area contributed by atoms with Crippen LogP contribution in [0.25, 0.3) is 0 Å². The van der Waals surface area contributed by atoms with Crippen molar-refractivity contribution in [1.82, 2.24) is 20.2 Å². The Morgan fingerprint density at radius 2 is 2.15 bits per heavy atom. The van der Waals surface area contributed by atoms with Crippen LogP contribution in [-0.2, 0) is 11.2 Å². The summed E-state index contributed by atoms with van der Waals surface area (Å²) in [6.07, 6.45) is 0.0595. The van der Waals surface area contributed by atoms with Gasteiger partial charge in [-0.3, -0.25) is 4.79 Å². The Labute approximate surface area is 113 Å². The monoisotopic (exact) mass is 282 g/mol. The minimum Gasteiger partial charge on any atom is -0.481 e. The lowest BCUT2D eigenvalue weighted by atomic mass is 10.1. The molecule has 0 bridgehead atoms. The summed E-state index contributed by atoms with van der Waals surface area (Å²) < 4.78 is 27.3. The Bertz CT molecular complexity index is 630. The molecule has 2 aromatic rings. The molecular weight excluding hydrogens is 270 g/mol. The number of carboxylic acids is 1. The smallest absolute Gasteiger partial charge is 0.305 e. The minimum atomic E-state index is -0.966. The zero-order valence-corrected chi connectivity index (χ0v) is 10.6. The lowest BCUT2D eigenvalue weighted by Gasteiger charge is -2.11. The predicted octanol–water partition coefficient (Wildman–Crippen LogP) is 1.58. The van der Waals surface area contributed by atoms with E-state index in [4.69, 9.17) is 5.11 Å². The van der Waals surface area contributed by atoms with Crippen LogP contribution in [0, 0.1) is 11.6 Å². The van der Waals surface area contributed by atoms with Crippen molar-refractivity contribution in [3.63, 3.8) is 0 Å². The van der Waals surface area contributed by atoms with Gasteiger partial charge in [0.25, 0.3) is 0 Å². The third-order valence-corrected chi connectivity index (χ3v) is 2.79. The van der Waals surface area contributed by atoms with Crippen molar-refractivity contribution in [2.45, 2.75) is 25.8 Å². The third-order valence-electron chi connectivity index (χ3n) is 2.79. The van der Waals surface area contributed by atoms with Crippen molar-refractivity contribution in [2.75, 3.05) is 0 Å². The summed E-state index contributed by atoms with van der Waals surface area (Å²) >= 11 is 0. The number of aromatic nitrogens is 4. The minimum absolute atomic E-state index is 0.129. The largest absolute Gasteiger partial charge is 0.481 e. The van der Waals surface area contributed by atoms with Crippen LogP contribution in [-0.4, -0.2) is 31.3 Å². The standard InChI is InChI=1S/C12H12F2N4O2/c1-7(4-12(19)20)18-11(15-16-17-18)6-8-2-3-9(13)10(14)5-8/h2-3,5,7H,4,6H2,1H3,(H,19,20). The highest BCUT2D eigenvalue weighted by molar-refractivity contribution is 5.67. The number of nitrogens with zero attached hydrogens (tertiary/aromatic N) is 4. The second kappa shape index (κ2) is 5.72. The first-order chi connectivity index (χ1) is 9.47. The van der Waals surface area contributed by atoms with Gasteiger partial charge in [0.2, 0.25) is 0 Å². The lowest BCUT2D eigenvalue weighted by Crippen LogP contribution is -2.15. The van der Waals surface area contributed by atoms with E-state index in [1.54, 1.807) is 6.92 Å². The molecule has 0 saturated heterocycles. The van der Waals surface area contributed by atoms with E-state index in [9.17, 15) is 13.6 Å². The van der Waals surface area contributed by atoms with E-state index in [0.29, 0.717) is 11.4 Å². The molecular formula is C12H12F2N4O2. The number of halogens is 2. The van der Waals surface area contributed by atoms with E-state index in [1.165, 1.54) is 10.7 Å². The number of hydrogen-bond acceptors (Lipinski definition) is 4. The van der Waals surface area contributed by atoms with E-state index in [2.05, 4.69) is 15.5 Å². The first-order valence-corrected chi connectivity index (χ1v) is 5.90. The van der Waals surface area contributed by atoms with Gasteiger partial charge in [-0.2, -0.15) is 0 Å². The Hall–Kier alpha value is -2.38. The van der Waals surface area contributed by atoms with E-state index < -0.39 is 23.6 Å². The average molecular weight is 282 g/mol. The van der Waals surface area contributed by atoms with Gasteiger partial charge in [-0.15, -0.1) is 5.10 Å². The van der Waals surface area contributed by atoms with Crippen LogP contribution in [0.2, 0.25) is 0 Å². The maximum absolute atomic E-state index is 13.1. The fraction of sp³-hybridized carbons (Fsp3) is 0.333. The number of aliphatic carboxylic acids is 1. The van der Waals surface area contributed by atoms with Crippen LogP contribution >= 0.6 is 0 Å². The van der Waals surface area contributed by atoms with Gasteiger partial charge in [0.15, 0.2) is 17.5 Å². The maximum Gasteiger partial charge on any atom is 0.305 e. The molecule has 0 amide bonds. The number of rotatable bonds is 5. The van der Waals surface area contributed by atoms with Crippen LogP contribution < -0.4 is 0 Å². The van der Waals surface area contributed by atoms with E-state index in [1.807, 2.05) is 0 Å². The summed E-state index contributed by atoms with van der Waals surface area (Å²) in [5, 5.41) is 19.8. The molecule has 1 atom stereocenters. The molecule has 0 aliphatic rings. The fourth-order valence-electron chi connectivity index (χ4n) is 1.84. The number of carbonyl (C=O) groups is 1. The zero-order chi connectivity index (χ0) is 14.7. The van der Waals surface area contributed by atoms with Crippen molar-refractivity contribution in [3.8, 4) is 0 Å². The van der Waals surface area contributed by atoms with E-state index in [0.717, 1.165) is 12.1 Å². The van der Waals surface area contributed by atoms with Gasteiger partial charge in [-0.25, -0.2) is 13.5 Å². The topological polar surface area (TPSA) is 80.9 Å². The Morgan fingerprint density at radius 1 is 1.40 bits per heavy atom. The van der Waals surface area contributed by atoms with Gasteiger partial charge in [-0.05, 0) is 35.0 Å². The summed E-state index contributed by atoms with van der Waals surface area (Å²) in [6.45, 7) is 1.67. The maximum atomic E-state index is 13.1. The number of tetrazole rings is 1. The third kappa shape index (κ3) is 3.14. The summed E-state index contributed by atoms with van der Waals surface area (Å²) in [5.41, 5.74) is 0.502. The normalized spacial score (nSPS) is 12.3.